The molecule has 0 aliphatic heterocycles. The highest BCUT2D eigenvalue weighted by Gasteiger charge is 2.09. The van der Waals surface area contributed by atoms with E-state index in [1.807, 2.05) is 5.92 Å². The number of hydrogen-bond acceptors (Lipinski definition) is 0. The van der Waals surface area contributed by atoms with E-state index >= 15 is 0 Å². The third-order valence-electron chi connectivity index (χ3n) is 4.33. The number of hydrogen-bond donors (Lipinski definition) is 0. The molecule has 0 N–H and O–H groups in total. The van der Waals surface area contributed by atoms with E-state index in [-0.39, 0.29) is 0 Å². The van der Waals surface area contributed by atoms with Crippen LogP contribution in [0.2, 0.25) is 0 Å². The Morgan fingerprint density at radius 2 is 1.05 bits per heavy atom. The van der Waals surface area contributed by atoms with E-state index in [1.54, 1.807) is 0 Å². The Bertz CT molecular complexity index is 159. The summed E-state index contributed by atoms with van der Waals surface area (Å²) in [5, 5.41) is 0. The number of unbranched alkanes of at least 4 members (excludes halogenated alkanes) is 7. The molecule has 0 saturated heterocycles. The Hall–Kier alpha value is 0. The summed E-state index contributed by atoms with van der Waals surface area (Å²) in [6.07, 6.45) is 19.9. The molecule has 0 atom stereocenters. The first-order chi connectivity index (χ1) is 9.70. The van der Waals surface area contributed by atoms with Gasteiger partial charge in [0.1, 0.15) is 0 Å². The quantitative estimate of drug-likeness (QED) is 0.269. The molecule has 0 aromatic heterocycles. The van der Waals surface area contributed by atoms with Gasteiger partial charge in [0.2, 0.25) is 0 Å². The smallest absolute Gasteiger partial charge is 0.0241 e. The summed E-state index contributed by atoms with van der Waals surface area (Å²) in [6.45, 7) is 9.31. The molecule has 0 unspecified atom stereocenters. The maximum Gasteiger partial charge on any atom is -0.0241 e. The van der Waals surface area contributed by atoms with Crippen molar-refractivity contribution in [1.29, 1.82) is 0 Å². The van der Waals surface area contributed by atoms with Crippen LogP contribution in [0.3, 0.4) is 0 Å². The highest BCUT2D eigenvalue weighted by molar-refractivity contribution is 4.89. The topological polar surface area (TPSA) is 0 Å². The normalized spacial score (nSPS) is 11.7. The van der Waals surface area contributed by atoms with Gasteiger partial charge in [-0.2, -0.15) is 0 Å². The van der Waals surface area contributed by atoms with Crippen molar-refractivity contribution in [3.05, 3.63) is 5.92 Å². The van der Waals surface area contributed by atoms with Gasteiger partial charge in [0.25, 0.3) is 0 Å². The van der Waals surface area contributed by atoms with Crippen molar-refractivity contribution in [3.63, 3.8) is 0 Å². The minimum absolute atomic E-state index is 0.882. The second-order valence-corrected chi connectivity index (χ2v) is 7.01. The summed E-state index contributed by atoms with van der Waals surface area (Å²) in [6, 6.07) is 0. The zero-order valence-electron chi connectivity index (χ0n) is 15.0. The first-order valence-corrected chi connectivity index (χ1v) is 9.54. The van der Waals surface area contributed by atoms with Gasteiger partial charge in [0.15, 0.2) is 0 Å². The lowest BCUT2D eigenvalue weighted by Gasteiger charge is -2.16. The molecule has 0 amide bonds. The van der Waals surface area contributed by atoms with Crippen LogP contribution in [0.4, 0.5) is 0 Å². The van der Waals surface area contributed by atoms with E-state index in [4.69, 9.17) is 0 Å². The zero-order valence-corrected chi connectivity index (χ0v) is 15.0. The Morgan fingerprint density at radius 3 is 1.45 bits per heavy atom. The highest BCUT2D eigenvalue weighted by Crippen LogP contribution is 2.26. The maximum absolute atomic E-state index is 2.35. The van der Waals surface area contributed by atoms with Crippen LogP contribution in [-0.4, -0.2) is 0 Å². The molecule has 0 nitrogen and oxygen atoms in total. The molecule has 0 aromatic rings. The Kier molecular flexibility index (Phi) is 15.4. The molecular formula is C20H41. The van der Waals surface area contributed by atoms with E-state index < -0.39 is 0 Å². The van der Waals surface area contributed by atoms with Crippen molar-refractivity contribution in [1.82, 2.24) is 0 Å². The average molecular weight is 282 g/mol. The summed E-state index contributed by atoms with van der Waals surface area (Å²) in [5.41, 5.74) is 0. The lowest BCUT2D eigenvalue weighted by Crippen LogP contribution is -2.00. The predicted octanol–water partition coefficient (Wildman–Crippen LogP) is 7.72. The van der Waals surface area contributed by atoms with E-state index in [0.717, 1.165) is 5.92 Å². The summed E-state index contributed by atoms with van der Waals surface area (Å²) >= 11 is 0. The Labute approximate surface area is 130 Å². The minimum Gasteiger partial charge on any atom is -0.0654 e. The largest absolute Gasteiger partial charge is 0.0654 e. The molecule has 121 valence electrons. The van der Waals surface area contributed by atoms with Crippen molar-refractivity contribution in [2.75, 3.05) is 0 Å². The van der Waals surface area contributed by atoms with E-state index in [2.05, 4.69) is 27.7 Å². The van der Waals surface area contributed by atoms with Crippen LogP contribution in [0.25, 0.3) is 0 Å². The van der Waals surface area contributed by atoms with Crippen molar-refractivity contribution >= 4 is 0 Å². The van der Waals surface area contributed by atoms with Gasteiger partial charge in [-0.1, -0.05) is 98.3 Å². The van der Waals surface area contributed by atoms with Crippen molar-refractivity contribution in [3.8, 4) is 0 Å². The molecule has 0 heterocycles. The molecule has 0 rings (SSSR count). The third-order valence-corrected chi connectivity index (χ3v) is 4.33. The molecule has 0 aliphatic carbocycles. The van der Waals surface area contributed by atoms with Gasteiger partial charge in [-0.05, 0) is 31.1 Å². The summed E-state index contributed by atoms with van der Waals surface area (Å²) in [7, 11) is 0. The summed E-state index contributed by atoms with van der Waals surface area (Å²) < 4.78 is 0. The minimum atomic E-state index is 0.882. The standard InChI is InChI=1S/C20H41/c1-5-7-9-11-16-20(17-12-10-8-6-2)18-14-13-15-19(3)4/h19H,5-18H2,1-4H3. The van der Waals surface area contributed by atoms with E-state index in [9.17, 15) is 0 Å². The van der Waals surface area contributed by atoms with Gasteiger partial charge in [-0.3, -0.25) is 0 Å². The van der Waals surface area contributed by atoms with Crippen molar-refractivity contribution in [2.45, 2.75) is 118 Å². The second kappa shape index (κ2) is 15.4. The lowest BCUT2D eigenvalue weighted by atomic mass is 9.89. The van der Waals surface area contributed by atoms with Crippen LogP contribution >= 0.6 is 0 Å². The Balaban J connectivity index is 3.73. The third kappa shape index (κ3) is 14.4. The van der Waals surface area contributed by atoms with Crippen molar-refractivity contribution in [2.24, 2.45) is 5.92 Å². The zero-order chi connectivity index (χ0) is 15.1. The monoisotopic (exact) mass is 281 g/mol. The molecule has 0 fully saturated rings. The van der Waals surface area contributed by atoms with Gasteiger partial charge in [-0.15, -0.1) is 0 Å². The summed E-state index contributed by atoms with van der Waals surface area (Å²) in [5.74, 6) is 2.77. The highest BCUT2D eigenvalue weighted by atomic mass is 14.1. The second-order valence-electron chi connectivity index (χ2n) is 7.01. The SMILES string of the molecule is CCCCCC[C](CCCCCC)CCCCC(C)C. The lowest BCUT2D eigenvalue weighted by molar-refractivity contribution is 0.498. The van der Waals surface area contributed by atoms with Crippen LogP contribution in [0, 0.1) is 11.8 Å². The van der Waals surface area contributed by atoms with Gasteiger partial charge in [0, 0.05) is 0 Å². The predicted molar refractivity (Wildman–Crippen MR) is 94.1 cm³/mol. The molecule has 0 spiro atoms. The van der Waals surface area contributed by atoms with Gasteiger partial charge >= 0.3 is 0 Å². The molecule has 1 radical (unpaired) electrons. The molecular weight excluding hydrogens is 240 g/mol. The van der Waals surface area contributed by atoms with Crippen molar-refractivity contribution < 1.29 is 0 Å². The van der Waals surface area contributed by atoms with Crippen LogP contribution in [0.15, 0.2) is 0 Å². The fourth-order valence-corrected chi connectivity index (χ4v) is 2.91. The first kappa shape index (κ1) is 20.0. The number of rotatable bonds is 15. The first-order valence-electron chi connectivity index (χ1n) is 9.54. The summed E-state index contributed by atoms with van der Waals surface area (Å²) in [4.78, 5) is 0. The van der Waals surface area contributed by atoms with Crippen LogP contribution < -0.4 is 0 Å². The maximum atomic E-state index is 2.35. The van der Waals surface area contributed by atoms with Gasteiger partial charge < -0.3 is 0 Å². The molecule has 0 saturated carbocycles. The average Bonchev–Trinajstić information content (AvgIpc) is 2.43. The molecule has 0 aromatic carbocycles. The van der Waals surface area contributed by atoms with E-state index in [1.165, 1.54) is 89.9 Å². The van der Waals surface area contributed by atoms with Crippen LogP contribution in [0.1, 0.15) is 118 Å². The van der Waals surface area contributed by atoms with Gasteiger partial charge in [0.05, 0.1) is 0 Å². The Morgan fingerprint density at radius 1 is 0.600 bits per heavy atom. The molecule has 0 heteroatoms. The fourth-order valence-electron chi connectivity index (χ4n) is 2.91. The molecule has 0 aliphatic rings. The van der Waals surface area contributed by atoms with Gasteiger partial charge in [-0.25, -0.2) is 0 Å². The van der Waals surface area contributed by atoms with Crippen LogP contribution in [0.5, 0.6) is 0 Å². The molecule has 20 heavy (non-hydrogen) atoms. The molecule has 0 bridgehead atoms. The fraction of sp³-hybridized carbons (Fsp3) is 0.950. The van der Waals surface area contributed by atoms with E-state index in [0.29, 0.717) is 0 Å². The van der Waals surface area contributed by atoms with Crippen LogP contribution in [-0.2, 0) is 0 Å².